The van der Waals surface area contributed by atoms with Crippen LogP contribution in [0.25, 0.3) is 0 Å². The van der Waals surface area contributed by atoms with Gasteiger partial charge in [0.2, 0.25) is 10.0 Å². The Morgan fingerprint density at radius 3 is 2.12 bits per heavy atom. The van der Waals surface area contributed by atoms with Gasteiger partial charge in [-0.15, -0.1) is 0 Å². The number of sulfonamides is 1. The molecule has 0 unspecified atom stereocenters. The lowest BCUT2D eigenvalue weighted by molar-refractivity contribution is 0.0528. The summed E-state index contributed by atoms with van der Waals surface area (Å²) in [4.78, 5) is 23.0. The molecule has 0 saturated heterocycles. The first-order valence-electron chi connectivity index (χ1n) is 9.41. The third-order valence-corrected chi connectivity index (χ3v) is 5.29. The van der Waals surface area contributed by atoms with Crippen LogP contribution in [0, 0.1) is 23.3 Å². The van der Waals surface area contributed by atoms with Crippen LogP contribution in [0.5, 0.6) is 0 Å². The van der Waals surface area contributed by atoms with E-state index >= 15 is 0 Å². The van der Waals surface area contributed by atoms with Crippen LogP contribution in [0.2, 0.25) is 0 Å². The third kappa shape index (κ3) is 7.43. The Labute approximate surface area is 187 Å². The molecule has 0 saturated carbocycles. The average Bonchev–Trinajstić information content (AvgIpc) is 2.68. The zero-order chi connectivity index (χ0) is 25.0. The van der Waals surface area contributed by atoms with Crippen LogP contribution in [0.15, 0.2) is 35.2 Å². The van der Waals surface area contributed by atoms with Crippen LogP contribution in [0.4, 0.5) is 28.0 Å². The lowest BCUT2D eigenvalue weighted by Gasteiger charge is -2.19. The van der Waals surface area contributed by atoms with E-state index in [4.69, 9.17) is 4.74 Å². The molecule has 0 spiro atoms. The van der Waals surface area contributed by atoms with Gasteiger partial charge >= 0.3 is 6.09 Å². The van der Waals surface area contributed by atoms with Gasteiger partial charge in [-0.25, -0.2) is 35.5 Å². The highest BCUT2D eigenvalue weighted by atomic mass is 32.2. The quantitative estimate of drug-likeness (QED) is 0.313. The number of benzene rings is 2. The van der Waals surface area contributed by atoms with Crippen LogP contribution in [-0.4, -0.2) is 39.1 Å². The van der Waals surface area contributed by atoms with Crippen molar-refractivity contribution >= 4 is 27.7 Å². The number of hydrogen-bond donors (Lipinski definition) is 3. The van der Waals surface area contributed by atoms with Crippen LogP contribution >= 0.6 is 0 Å². The van der Waals surface area contributed by atoms with Crippen molar-refractivity contribution in [1.29, 1.82) is 0 Å². The van der Waals surface area contributed by atoms with Crippen molar-refractivity contribution in [2.75, 3.05) is 18.4 Å². The molecule has 8 nitrogen and oxygen atoms in total. The summed E-state index contributed by atoms with van der Waals surface area (Å²) in [6.07, 6.45) is -0.778. The van der Waals surface area contributed by atoms with Crippen LogP contribution in [0.1, 0.15) is 31.1 Å². The Balaban J connectivity index is 2.08. The lowest BCUT2D eigenvalue weighted by atomic mass is 10.2. The number of alkyl carbamates (subject to hydrolysis) is 1. The molecule has 33 heavy (non-hydrogen) atoms. The van der Waals surface area contributed by atoms with Crippen molar-refractivity contribution in [3.05, 3.63) is 59.2 Å². The summed E-state index contributed by atoms with van der Waals surface area (Å²) < 4.78 is 85.7. The molecule has 0 radical (unpaired) electrons. The Hall–Kier alpha value is -3.19. The summed E-state index contributed by atoms with van der Waals surface area (Å²) in [5.74, 6) is -7.01. The van der Waals surface area contributed by atoms with E-state index in [1.807, 2.05) is 0 Å². The molecular weight excluding hydrogens is 470 g/mol. The van der Waals surface area contributed by atoms with E-state index in [0.29, 0.717) is 24.3 Å². The summed E-state index contributed by atoms with van der Waals surface area (Å²) in [7, 11) is -4.44. The predicted octanol–water partition coefficient (Wildman–Crippen LogP) is 3.30. The SMILES string of the molecule is CC(C)(C)OC(=O)NCCNS(=O)(=O)c1cc(C(=O)Nc2cc(F)c(F)c(F)c2)ccc1F. The van der Waals surface area contributed by atoms with E-state index in [1.165, 1.54) is 0 Å². The maximum Gasteiger partial charge on any atom is 0.407 e. The molecule has 2 aromatic rings. The van der Waals surface area contributed by atoms with E-state index in [1.54, 1.807) is 20.8 Å². The van der Waals surface area contributed by atoms with Gasteiger partial charge in [-0.3, -0.25) is 4.79 Å². The topological polar surface area (TPSA) is 114 Å². The number of nitrogens with one attached hydrogen (secondary N) is 3. The van der Waals surface area contributed by atoms with Crippen LogP contribution in [-0.2, 0) is 14.8 Å². The molecule has 0 aromatic heterocycles. The minimum absolute atomic E-state index is 0.169. The number of carbonyl (C=O) groups excluding carboxylic acids is 2. The van der Waals surface area contributed by atoms with Gasteiger partial charge < -0.3 is 15.4 Å². The molecule has 0 aliphatic heterocycles. The predicted molar refractivity (Wildman–Crippen MR) is 110 cm³/mol. The van der Waals surface area contributed by atoms with E-state index < -0.39 is 61.5 Å². The monoisotopic (exact) mass is 491 g/mol. The molecule has 0 aliphatic carbocycles. The second kappa shape index (κ2) is 10.2. The highest BCUT2D eigenvalue weighted by Gasteiger charge is 2.22. The highest BCUT2D eigenvalue weighted by Crippen LogP contribution is 2.20. The number of halogens is 4. The Bertz CT molecular complexity index is 1140. The largest absolute Gasteiger partial charge is 0.444 e. The fraction of sp³-hybridized carbons (Fsp3) is 0.300. The minimum Gasteiger partial charge on any atom is -0.444 e. The zero-order valence-electron chi connectivity index (χ0n) is 17.8. The lowest BCUT2D eigenvalue weighted by Crippen LogP contribution is -2.38. The summed E-state index contributed by atoms with van der Waals surface area (Å²) >= 11 is 0. The van der Waals surface area contributed by atoms with Gasteiger partial charge in [-0.1, -0.05) is 0 Å². The van der Waals surface area contributed by atoms with Gasteiger partial charge in [0.1, 0.15) is 16.3 Å². The molecule has 2 rings (SSSR count). The average molecular weight is 491 g/mol. The van der Waals surface area contributed by atoms with Gasteiger partial charge in [0.25, 0.3) is 5.91 Å². The van der Waals surface area contributed by atoms with Crippen LogP contribution in [0.3, 0.4) is 0 Å². The van der Waals surface area contributed by atoms with Gasteiger partial charge in [0, 0.05) is 36.5 Å². The first-order valence-corrected chi connectivity index (χ1v) is 10.9. The molecule has 0 atom stereocenters. The smallest absolute Gasteiger partial charge is 0.407 e. The summed E-state index contributed by atoms with van der Waals surface area (Å²) in [5.41, 5.74) is -1.54. The van der Waals surface area contributed by atoms with Crippen molar-refractivity contribution in [2.45, 2.75) is 31.3 Å². The molecule has 3 N–H and O–H groups in total. The van der Waals surface area contributed by atoms with Crippen molar-refractivity contribution in [3.63, 3.8) is 0 Å². The molecule has 2 amide bonds. The third-order valence-electron chi connectivity index (χ3n) is 3.81. The second-order valence-electron chi connectivity index (χ2n) is 7.68. The molecule has 2 aromatic carbocycles. The molecule has 0 heterocycles. The minimum atomic E-state index is -4.44. The first kappa shape index (κ1) is 26.1. The zero-order valence-corrected chi connectivity index (χ0v) is 18.6. The molecular formula is C20H21F4N3O5S. The van der Waals surface area contributed by atoms with Gasteiger partial charge in [0.05, 0.1) is 0 Å². The number of rotatable bonds is 7. The van der Waals surface area contributed by atoms with Crippen molar-refractivity contribution in [1.82, 2.24) is 10.0 Å². The van der Waals surface area contributed by atoms with E-state index in [0.717, 1.165) is 6.07 Å². The van der Waals surface area contributed by atoms with Gasteiger partial charge in [0.15, 0.2) is 17.5 Å². The van der Waals surface area contributed by atoms with E-state index in [-0.39, 0.29) is 18.7 Å². The fourth-order valence-corrected chi connectivity index (χ4v) is 3.56. The summed E-state index contributed by atoms with van der Waals surface area (Å²) in [6.45, 7) is 4.45. The van der Waals surface area contributed by atoms with Crippen molar-refractivity contribution in [3.8, 4) is 0 Å². The molecule has 13 heteroatoms. The van der Waals surface area contributed by atoms with E-state index in [2.05, 4.69) is 15.4 Å². The van der Waals surface area contributed by atoms with Gasteiger partial charge in [-0.05, 0) is 39.0 Å². The molecule has 0 fully saturated rings. The fourth-order valence-electron chi connectivity index (χ4n) is 2.42. The normalized spacial score (nSPS) is 11.7. The summed E-state index contributed by atoms with van der Waals surface area (Å²) in [6, 6.07) is 3.43. The van der Waals surface area contributed by atoms with Crippen LogP contribution < -0.4 is 15.4 Å². The standard InChI is InChI=1S/C20H21F4N3O5S/c1-20(2,3)32-19(29)25-6-7-26-33(30,31)16-8-11(4-5-13(16)21)18(28)27-12-9-14(22)17(24)15(23)10-12/h4-5,8-10,26H,6-7H2,1-3H3,(H,25,29)(H,27,28). The highest BCUT2D eigenvalue weighted by molar-refractivity contribution is 7.89. The first-order chi connectivity index (χ1) is 15.2. The number of amides is 2. The number of hydrogen-bond acceptors (Lipinski definition) is 5. The Kier molecular flexibility index (Phi) is 8.03. The molecule has 0 bridgehead atoms. The number of ether oxygens (including phenoxy) is 1. The number of carbonyl (C=O) groups is 2. The maximum atomic E-state index is 14.1. The van der Waals surface area contributed by atoms with Crippen molar-refractivity contribution in [2.24, 2.45) is 0 Å². The molecule has 180 valence electrons. The Morgan fingerprint density at radius 1 is 0.939 bits per heavy atom. The van der Waals surface area contributed by atoms with Gasteiger partial charge in [-0.2, -0.15) is 0 Å². The maximum absolute atomic E-state index is 14.1. The second-order valence-corrected chi connectivity index (χ2v) is 9.42. The molecule has 0 aliphatic rings. The summed E-state index contributed by atoms with van der Waals surface area (Å²) in [5, 5.41) is 4.38. The van der Waals surface area contributed by atoms with Crippen molar-refractivity contribution < 1.29 is 40.3 Å². The number of anilines is 1. The van der Waals surface area contributed by atoms with E-state index in [9.17, 15) is 35.6 Å². The Morgan fingerprint density at radius 2 is 1.55 bits per heavy atom.